The number of benzene rings is 1. The Morgan fingerprint density at radius 2 is 2.16 bits per heavy atom. The molecule has 0 bridgehead atoms. The molecule has 0 aromatic heterocycles. The predicted octanol–water partition coefficient (Wildman–Crippen LogP) is 2.46. The van der Waals surface area contributed by atoms with Crippen LogP contribution in [0.15, 0.2) is 30.4 Å². The van der Waals surface area contributed by atoms with Crippen molar-refractivity contribution < 1.29 is 14.3 Å². The molecule has 0 saturated heterocycles. The second kappa shape index (κ2) is 8.19. The van der Waals surface area contributed by atoms with Crippen molar-refractivity contribution in [2.24, 2.45) is 0 Å². The highest BCUT2D eigenvalue weighted by Crippen LogP contribution is 2.27. The molecule has 0 unspecified atom stereocenters. The normalized spacial score (nSPS) is 10.5. The number of amides is 1. The number of carbonyl (C=O) groups excluding carboxylic acids is 1. The Balaban J connectivity index is 2.41. The van der Waals surface area contributed by atoms with Crippen molar-refractivity contribution in [3.63, 3.8) is 0 Å². The number of hydrogen-bond donors (Lipinski definition) is 1. The first-order chi connectivity index (χ1) is 9.17. The Morgan fingerprint density at radius 1 is 1.37 bits per heavy atom. The number of methoxy groups -OCH3 is 1. The van der Waals surface area contributed by atoms with Gasteiger partial charge in [-0.1, -0.05) is 18.2 Å². The molecule has 0 spiro atoms. The molecular weight excluding hydrogens is 242 g/mol. The van der Waals surface area contributed by atoms with Gasteiger partial charge >= 0.3 is 0 Å². The highest BCUT2D eigenvalue weighted by Gasteiger charge is 2.07. The molecule has 19 heavy (non-hydrogen) atoms. The quantitative estimate of drug-likeness (QED) is 0.607. The molecule has 0 aliphatic heterocycles. The van der Waals surface area contributed by atoms with E-state index in [1.54, 1.807) is 13.2 Å². The first kappa shape index (κ1) is 15.1. The molecule has 0 aliphatic rings. The molecule has 0 aliphatic carbocycles. The van der Waals surface area contributed by atoms with E-state index >= 15 is 0 Å². The largest absolute Gasteiger partial charge is 0.493 e. The van der Waals surface area contributed by atoms with Crippen molar-refractivity contribution in [1.82, 2.24) is 5.32 Å². The van der Waals surface area contributed by atoms with E-state index in [1.165, 1.54) is 0 Å². The van der Waals surface area contributed by atoms with E-state index in [0.29, 0.717) is 18.0 Å². The minimum Gasteiger partial charge on any atom is -0.493 e. The van der Waals surface area contributed by atoms with Crippen molar-refractivity contribution in [2.75, 3.05) is 20.3 Å². The number of nitrogens with one attached hydrogen (secondary N) is 1. The molecule has 4 heteroatoms. The fourth-order valence-electron chi connectivity index (χ4n) is 1.55. The predicted molar refractivity (Wildman–Crippen MR) is 75.7 cm³/mol. The topological polar surface area (TPSA) is 47.6 Å². The number of allylic oxidation sites excluding steroid dienone is 1. The lowest BCUT2D eigenvalue weighted by atomic mass is 10.2. The Labute approximate surface area is 114 Å². The van der Waals surface area contributed by atoms with Crippen molar-refractivity contribution in [3.05, 3.63) is 35.9 Å². The van der Waals surface area contributed by atoms with Crippen LogP contribution in [-0.4, -0.2) is 26.2 Å². The lowest BCUT2D eigenvalue weighted by Gasteiger charge is -2.11. The van der Waals surface area contributed by atoms with Gasteiger partial charge in [-0.2, -0.15) is 0 Å². The van der Waals surface area contributed by atoms with Gasteiger partial charge in [0.2, 0.25) is 0 Å². The van der Waals surface area contributed by atoms with Crippen molar-refractivity contribution in [2.45, 2.75) is 20.3 Å². The summed E-state index contributed by atoms with van der Waals surface area (Å²) in [5.41, 5.74) is 1.08. The zero-order valence-corrected chi connectivity index (χ0v) is 11.7. The van der Waals surface area contributed by atoms with Gasteiger partial charge in [0.25, 0.3) is 5.91 Å². The number of carbonyl (C=O) groups is 1. The van der Waals surface area contributed by atoms with Crippen LogP contribution in [0.3, 0.4) is 0 Å². The molecule has 1 amide bonds. The van der Waals surface area contributed by atoms with Crippen molar-refractivity contribution >= 4 is 5.91 Å². The third kappa shape index (κ3) is 5.46. The van der Waals surface area contributed by atoms with Crippen molar-refractivity contribution in [1.29, 1.82) is 0 Å². The van der Waals surface area contributed by atoms with Crippen LogP contribution >= 0.6 is 0 Å². The van der Waals surface area contributed by atoms with E-state index < -0.39 is 0 Å². The van der Waals surface area contributed by atoms with Crippen LogP contribution in [0.2, 0.25) is 0 Å². The first-order valence-electron chi connectivity index (χ1n) is 6.32. The maximum atomic E-state index is 11.5. The van der Waals surface area contributed by atoms with E-state index in [9.17, 15) is 4.79 Å². The van der Waals surface area contributed by atoms with Crippen LogP contribution in [0.1, 0.15) is 18.9 Å². The molecule has 0 atom stereocenters. The number of hydrogen-bond acceptors (Lipinski definition) is 3. The average molecular weight is 263 g/mol. The molecule has 0 saturated carbocycles. The standard InChI is InChI=1S/C15H21NO3/c1-4-5-6-9-16-15(17)11-19-13-8-7-12(2)10-14(13)18-3/h4-5,7-8,10H,6,9,11H2,1-3H3,(H,16,17)/b5-4+. The van der Waals surface area contributed by atoms with Gasteiger partial charge in [0.1, 0.15) is 0 Å². The number of rotatable bonds is 7. The summed E-state index contributed by atoms with van der Waals surface area (Å²) in [5, 5.41) is 2.78. The zero-order chi connectivity index (χ0) is 14.1. The lowest BCUT2D eigenvalue weighted by Crippen LogP contribution is -2.29. The van der Waals surface area contributed by atoms with Gasteiger partial charge < -0.3 is 14.8 Å². The van der Waals surface area contributed by atoms with Gasteiger partial charge in [0.15, 0.2) is 18.1 Å². The fourth-order valence-corrected chi connectivity index (χ4v) is 1.55. The molecule has 1 aromatic carbocycles. The minimum atomic E-state index is -0.132. The average Bonchev–Trinajstić information content (AvgIpc) is 2.42. The van der Waals surface area contributed by atoms with E-state index in [-0.39, 0.29) is 12.5 Å². The Kier molecular flexibility index (Phi) is 6.50. The summed E-state index contributed by atoms with van der Waals surface area (Å²) in [6, 6.07) is 5.60. The van der Waals surface area contributed by atoms with Gasteiger partial charge in [-0.25, -0.2) is 0 Å². The van der Waals surface area contributed by atoms with Gasteiger partial charge in [-0.15, -0.1) is 0 Å². The Bertz CT molecular complexity index is 441. The van der Waals surface area contributed by atoms with Gasteiger partial charge in [0, 0.05) is 6.54 Å². The summed E-state index contributed by atoms with van der Waals surface area (Å²) >= 11 is 0. The molecule has 1 N–H and O–H groups in total. The maximum absolute atomic E-state index is 11.5. The number of aryl methyl sites for hydroxylation is 1. The first-order valence-corrected chi connectivity index (χ1v) is 6.32. The highest BCUT2D eigenvalue weighted by molar-refractivity contribution is 5.77. The fraction of sp³-hybridized carbons (Fsp3) is 0.400. The highest BCUT2D eigenvalue weighted by atomic mass is 16.5. The lowest BCUT2D eigenvalue weighted by molar-refractivity contribution is -0.123. The molecule has 0 fully saturated rings. The summed E-state index contributed by atoms with van der Waals surface area (Å²) in [7, 11) is 1.58. The van der Waals surface area contributed by atoms with Crippen LogP contribution in [0.4, 0.5) is 0 Å². The van der Waals surface area contributed by atoms with E-state index in [4.69, 9.17) is 9.47 Å². The van der Waals surface area contributed by atoms with E-state index in [0.717, 1.165) is 12.0 Å². The van der Waals surface area contributed by atoms with Gasteiger partial charge in [-0.05, 0) is 38.0 Å². The molecule has 1 aromatic rings. The third-order valence-corrected chi connectivity index (χ3v) is 2.55. The van der Waals surface area contributed by atoms with Gasteiger partial charge in [-0.3, -0.25) is 4.79 Å². The Hall–Kier alpha value is -1.97. The Morgan fingerprint density at radius 3 is 2.84 bits per heavy atom. The summed E-state index contributed by atoms with van der Waals surface area (Å²) in [6.07, 6.45) is 4.79. The zero-order valence-electron chi connectivity index (χ0n) is 11.7. The maximum Gasteiger partial charge on any atom is 0.257 e. The van der Waals surface area contributed by atoms with Crippen molar-refractivity contribution in [3.8, 4) is 11.5 Å². The molecule has 104 valence electrons. The number of ether oxygens (including phenoxy) is 2. The second-order valence-corrected chi connectivity index (χ2v) is 4.15. The van der Waals surface area contributed by atoms with Crippen LogP contribution in [0.5, 0.6) is 11.5 Å². The summed E-state index contributed by atoms with van der Waals surface area (Å²) < 4.78 is 10.7. The van der Waals surface area contributed by atoms with Gasteiger partial charge in [0.05, 0.1) is 7.11 Å². The van der Waals surface area contributed by atoms with Crippen LogP contribution in [-0.2, 0) is 4.79 Å². The monoisotopic (exact) mass is 263 g/mol. The summed E-state index contributed by atoms with van der Waals surface area (Å²) in [5.74, 6) is 1.09. The molecule has 0 heterocycles. The van der Waals surface area contributed by atoms with Crippen LogP contribution in [0, 0.1) is 6.92 Å². The molecule has 1 rings (SSSR count). The minimum absolute atomic E-state index is 0.00470. The molecule has 0 radical (unpaired) electrons. The SMILES string of the molecule is C/C=C/CCNC(=O)COc1ccc(C)cc1OC. The van der Waals surface area contributed by atoms with Crippen LogP contribution in [0.25, 0.3) is 0 Å². The van der Waals surface area contributed by atoms with E-state index in [1.807, 2.05) is 38.1 Å². The molecular formula is C15H21NO3. The van der Waals surface area contributed by atoms with Crippen LogP contribution < -0.4 is 14.8 Å². The smallest absolute Gasteiger partial charge is 0.257 e. The second-order valence-electron chi connectivity index (χ2n) is 4.15. The molecule has 4 nitrogen and oxygen atoms in total. The third-order valence-electron chi connectivity index (χ3n) is 2.55. The van der Waals surface area contributed by atoms with E-state index in [2.05, 4.69) is 5.32 Å². The summed E-state index contributed by atoms with van der Waals surface area (Å²) in [4.78, 5) is 11.5. The summed E-state index contributed by atoms with van der Waals surface area (Å²) in [6.45, 7) is 4.54.